The minimum Gasteiger partial charge on any atom is -0.385 e. The maximum Gasteiger partial charge on any atom is 0.191 e. The molecule has 2 aliphatic rings. The Morgan fingerprint density at radius 3 is 2.71 bits per heavy atom. The first-order chi connectivity index (χ1) is 11.7. The number of guanidine groups is 1. The summed E-state index contributed by atoms with van der Waals surface area (Å²) in [5, 5.41) is 7.16. The van der Waals surface area contributed by atoms with Gasteiger partial charge in [-0.3, -0.25) is 4.99 Å². The zero-order chi connectivity index (χ0) is 17.3. The first-order valence-corrected chi connectivity index (χ1v) is 9.87. The molecule has 140 valence electrons. The molecule has 1 atom stereocenters. The lowest BCUT2D eigenvalue weighted by atomic mass is 9.83. The van der Waals surface area contributed by atoms with Gasteiger partial charge in [-0.15, -0.1) is 0 Å². The predicted molar refractivity (Wildman–Crippen MR) is 102 cm³/mol. The van der Waals surface area contributed by atoms with E-state index >= 15 is 0 Å². The van der Waals surface area contributed by atoms with Gasteiger partial charge in [0.2, 0.25) is 0 Å². The number of ether oxygens (including phenoxy) is 1. The molecule has 5 heteroatoms. The molecule has 1 heterocycles. The van der Waals surface area contributed by atoms with E-state index in [9.17, 15) is 0 Å². The van der Waals surface area contributed by atoms with Gasteiger partial charge in [0.05, 0.1) is 0 Å². The van der Waals surface area contributed by atoms with E-state index in [-0.39, 0.29) is 0 Å². The first-order valence-electron chi connectivity index (χ1n) is 9.87. The van der Waals surface area contributed by atoms with Crippen LogP contribution in [0.2, 0.25) is 0 Å². The second-order valence-electron chi connectivity index (χ2n) is 7.66. The summed E-state index contributed by atoms with van der Waals surface area (Å²) in [5.74, 6) is 1.71. The summed E-state index contributed by atoms with van der Waals surface area (Å²) in [5.41, 5.74) is 0.400. The highest BCUT2D eigenvalue weighted by molar-refractivity contribution is 5.79. The minimum atomic E-state index is 0.400. The van der Waals surface area contributed by atoms with Crippen molar-refractivity contribution in [1.82, 2.24) is 15.5 Å². The summed E-state index contributed by atoms with van der Waals surface area (Å²) >= 11 is 0. The molecule has 24 heavy (non-hydrogen) atoms. The molecular weight excluding hydrogens is 300 g/mol. The molecule has 0 aromatic rings. The normalized spacial score (nSPS) is 25.0. The van der Waals surface area contributed by atoms with E-state index in [1.165, 1.54) is 58.2 Å². The largest absolute Gasteiger partial charge is 0.385 e. The molecule has 1 aliphatic heterocycles. The second-order valence-corrected chi connectivity index (χ2v) is 7.66. The van der Waals surface area contributed by atoms with Gasteiger partial charge < -0.3 is 20.3 Å². The number of likely N-dealkylation sites (tertiary alicyclic amines) is 1. The average molecular weight is 339 g/mol. The van der Waals surface area contributed by atoms with Crippen LogP contribution in [0, 0.1) is 11.3 Å². The molecule has 0 amide bonds. The fraction of sp³-hybridized carbons (Fsp3) is 0.947. The van der Waals surface area contributed by atoms with E-state index in [4.69, 9.17) is 4.74 Å². The topological polar surface area (TPSA) is 48.9 Å². The Bertz CT molecular complexity index is 380. The number of hydrogen-bond acceptors (Lipinski definition) is 3. The highest BCUT2D eigenvalue weighted by Gasteiger charge is 2.33. The monoisotopic (exact) mass is 338 g/mol. The summed E-state index contributed by atoms with van der Waals surface area (Å²) in [4.78, 5) is 6.99. The number of nitrogens with one attached hydrogen (secondary N) is 2. The van der Waals surface area contributed by atoms with Crippen molar-refractivity contribution in [2.75, 3.05) is 53.5 Å². The maximum absolute atomic E-state index is 5.33. The highest BCUT2D eigenvalue weighted by Crippen LogP contribution is 2.40. The van der Waals surface area contributed by atoms with Crippen molar-refractivity contribution in [3.05, 3.63) is 0 Å². The fourth-order valence-corrected chi connectivity index (χ4v) is 4.30. The number of hydrogen-bond donors (Lipinski definition) is 2. The molecule has 2 N–H and O–H groups in total. The van der Waals surface area contributed by atoms with Crippen LogP contribution in [0.5, 0.6) is 0 Å². The van der Waals surface area contributed by atoms with Crippen molar-refractivity contribution in [2.45, 2.75) is 51.9 Å². The average Bonchev–Trinajstić information content (AvgIpc) is 3.09. The Morgan fingerprint density at radius 2 is 2.04 bits per heavy atom. The number of piperidine rings is 1. The van der Waals surface area contributed by atoms with Crippen molar-refractivity contribution < 1.29 is 4.74 Å². The molecule has 0 aromatic carbocycles. The first kappa shape index (κ1) is 19.5. The summed E-state index contributed by atoms with van der Waals surface area (Å²) in [6, 6.07) is 0. The summed E-state index contributed by atoms with van der Waals surface area (Å²) in [7, 11) is 3.69. The van der Waals surface area contributed by atoms with E-state index in [0.717, 1.165) is 38.0 Å². The quantitative estimate of drug-likeness (QED) is 0.527. The maximum atomic E-state index is 5.33. The molecule has 5 nitrogen and oxygen atoms in total. The summed E-state index contributed by atoms with van der Waals surface area (Å²) in [6.07, 6.45) is 9.15. The lowest BCUT2D eigenvalue weighted by Gasteiger charge is -2.33. The Labute approximate surface area is 148 Å². The van der Waals surface area contributed by atoms with Crippen LogP contribution < -0.4 is 10.6 Å². The Morgan fingerprint density at radius 1 is 1.25 bits per heavy atom. The van der Waals surface area contributed by atoms with Crippen LogP contribution in [0.3, 0.4) is 0 Å². The number of nitrogens with zero attached hydrogens (tertiary/aromatic N) is 2. The van der Waals surface area contributed by atoms with Crippen LogP contribution in [0.25, 0.3) is 0 Å². The van der Waals surface area contributed by atoms with E-state index in [0.29, 0.717) is 5.41 Å². The molecule has 2 rings (SSSR count). The Kier molecular flexibility index (Phi) is 8.33. The van der Waals surface area contributed by atoms with Crippen molar-refractivity contribution in [2.24, 2.45) is 16.3 Å². The van der Waals surface area contributed by atoms with Gasteiger partial charge in [0.1, 0.15) is 0 Å². The smallest absolute Gasteiger partial charge is 0.191 e. The second kappa shape index (κ2) is 10.2. The van der Waals surface area contributed by atoms with Crippen LogP contribution in [-0.4, -0.2) is 64.3 Å². The van der Waals surface area contributed by atoms with Crippen molar-refractivity contribution in [1.29, 1.82) is 0 Å². The van der Waals surface area contributed by atoms with Crippen LogP contribution in [-0.2, 0) is 4.74 Å². The van der Waals surface area contributed by atoms with Crippen LogP contribution in [0.15, 0.2) is 4.99 Å². The molecule has 1 aliphatic carbocycles. The third-order valence-corrected chi connectivity index (χ3v) is 5.96. The Hall–Kier alpha value is -0.810. The van der Waals surface area contributed by atoms with Gasteiger partial charge in [0.15, 0.2) is 5.96 Å². The fourth-order valence-electron chi connectivity index (χ4n) is 4.30. The predicted octanol–water partition coefficient (Wildman–Crippen LogP) is 2.48. The number of aliphatic imine (C=N–C) groups is 1. The van der Waals surface area contributed by atoms with Gasteiger partial charge >= 0.3 is 0 Å². The van der Waals surface area contributed by atoms with Crippen LogP contribution >= 0.6 is 0 Å². The van der Waals surface area contributed by atoms with Gasteiger partial charge in [-0.2, -0.15) is 0 Å². The van der Waals surface area contributed by atoms with E-state index in [2.05, 4.69) is 27.4 Å². The van der Waals surface area contributed by atoms with E-state index in [1.54, 1.807) is 7.11 Å². The molecular formula is C19H38N4O. The third kappa shape index (κ3) is 5.92. The van der Waals surface area contributed by atoms with Crippen molar-refractivity contribution in [3.63, 3.8) is 0 Å². The molecule has 1 unspecified atom stereocenters. The zero-order valence-corrected chi connectivity index (χ0v) is 16.1. The summed E-state index contributed by atoms with van der Waals surface area (Å²) < 4.78 is 5.33. The molecule has 1 saturated heterocycles. The van der Waals surface area contributed by atoms with Gasteiger partial charge in [0, 0.05) is 40.4 Å². The standard InChI is InChI=1S/C19H38N4O/c1-4-23-12-7-8-17(15-23)14-21-18(20-2)22-16-19(11-13-24-3)9-5-6-10-19/h17H,4-16H2,1-3H3,(H2,20,21,22). The summed E-state index contributed by atoms with van der Waals surface area (Å²) in [6.45, 7) is 8.83. The SMILES string of the molecule is CCN1CCCC(CNC(=NC)NCC2(CCOC)CCCC2)C1. The van der Waals surface area contributed by atoms with Gasteiger partial charge in [-0.25, -0.2) is 0 Å². The number of methoxy groups -OCH3 is 1. The van der Waals surface area contributed by atoms with Crippen LogP contribution in [0.4, 0.5) is 0 Å². The Balaban J connectivity index is 1.75. The highest BCUT2D eigenvalue weighted by atomic mass is 16.5. The van der Waals surface area contributed by atoms with Gasteiger partial charge in [-0.05, 0) is 56.5 Å². The van der Waals surface area contributed by atoms with Crippen LogP contribution in [0.1, 0.15) is 51.9 Å². The van der Waals surface area contributed by atoms with E-state index < -0.39 is 0 Å². The molecule has 0 bridgehead atoms. The number of rotatable bonds is 8. The molecule has 0 aromatic heterocycles. The van der Waals surface area contributed by atoms with Gasteiger partial charge in [-0.1, -0.05) is 19.8 Å². The molecule has 1 saturated carbocycles. The van der Waals surface area contributed by atoms with E-state index in [1.807, 2.05) is 7.05 Å². The molecule has 0 radical (unpaired) electrons. The zero-order valence-electron chi connectivity index (χ0n) is 16.1. The lowest BCUT2D eigenvalue weighted by molar-refractivity contribution is 0.138. The molecule has 0 spiro atoms. The minimum absolute atomic E-state index is 0.400. The van der Waals surface area contributed by atoms with Gasteiger partial charge in [0.25, 0.3) is 0 Å². The van der Waals surface area contributed by atoms with Crippen molar-refractivity contribution in [3.8, 4) is 0 Å². The lowest BCUT2D eigenvalue weighted by Crippen LogP contribution is -2.46. The van der Waals surface area contributed by atoms with Crippen molar-refractivity contribution >= 4 is 5.96 Å². The molecule has 2 fully saturated rings. The third-order valence-electron chi connectivity index (χ3n) is 5.96.